The first-order chi connectivity index (χ1) is 11.9. The van der Waals surface area contributed by atoms with Crippen LogP contribution in [-0.2, 0) is 16.0 Å². The Hall–Kier alpha value is -3.23. The van der Waals surface area contributed by atoms with Crippen LogP contribution < -0.4 is 0 Å². The molecule has 25 heavy (non-hydrogen) atoms. The molecule has 1 aromatic carbocycles. The van der Waals surface area contributed by atoms with Crippen molar-refractivity contribution < 1.29 is 19.5 Å². The molecule has 1 aliphatic rings. The minimum Gasteiger partial charge on any atom is -0.481 e. The maximum Gasteiger partial charge on any atom is 0.309 e. The number of hydrogen-bond donors (Lipinski definition) is 1. The summed E-state index contributed by atoms with van der Waals surface area (Å²) in [6.07, 6.45) is 1.33. The fourth-order valence-corrected chi connectivity index (χ4v) is 2.53. The minimum atomic E-state index is -0.977. The second-order valence-corrected chi connectivity index (χ2v) is 5.81. The van der Waals surface area contributed by atoms with Crippen LogP contribution in [0.15, 0.2) is 30.5 Å². The second-order valence-electron chi connectivity index (χ2n) is 5.81. The van der Waals surface area contributed by atoms with E-state index in [2.05, 4.69) is 10.3 Å². The van der Waals surface area contributed by atoms with Gasteiger partial charge in [-0.2, -0.15) is 0 Å². The first kappa shape index (κ1) is 16.6. The van der Waals surface area contributed by atoms with Gasteiger partial charge < -0.3 is 14.9 Å². The van der Waals surface area contributed by atoms with Crippen molar-refractivity contribution in [3.05, 3.63) is 41.7 Å². The number of carbonyl (C=O) groups is 3. The molecule has 1 saturated heterocycles. The van der Waals surface area contributed by atoms with Gasteiger partial charge in [-0.05, 0) is 24.3 Å². The molecule has 0 atom stereocenters. The standard InChI is InChI=1S/C16H17N5O4/c1-19-6-7-20(10-14(19)22)16(25)11-2-4-13(5-3-11)21-9-12(17-18-21)8-15(23)24/h2-5,9H,6-8,10H2,1H3,(H,23,24). The van der Waals surface area contributed by atoms with Crippen LogP contribution in [0.2, 0.25) is 0 Å². The Kier molecular flexibility index (Phi) is 4.46. The Labute approximate surface area is 143 Å². The van der Waals surface area contributed by atoms with E-state index in [1.54, 1.807) is 36.2 Å². The van der Waals surface area contributed by atoms with Crippen molar-refractivity contribution in [3.8, 4) is 5.69 Å². The summed E-state index contributed by atoms with van der Waals surface area (Å²) in [5, 5.41) is 16.4. The van der Waals surface area contributed by atoms with E-state index in [0.717, 1.165) is 0 Å². The number of carboxylic acid groups (broad SMARTS) is 1. The molecule has 0 bridgehead atoms. The molecule has 130 valence electrons. The van der Waals surface area contributed by atoms with Crippen molar-refractivity contribution >= 4 is 17.8 Å². The number of carbonyl (C=O) groups excluding carboxylic acids is 2. The Bertz CT molecular complexity index is 814. The van der Waals surface area contributed by atoms with Gasteiger partial charge in [-0.3, -0.25) is 14.4 Å². The summed E-state index contributed by atoms with van der Waals surface area (Å²) in [6, 6.07) is 6.70. The largest absolute Gasteiger partial charge is 0.481 e. The zero-order valence-corrected chi connectivity index (χ0v) is 13.6. The van der Waals surface area contributed by atoms with Gasteiger partial charge >= 0.3 is 5.97 Å². The molecular weight excluding hydrogens is 326 g/mol. The monoisotopic (exact) mass is 343 g/mol. The number of aliphatic carboxylic acids is 1. The van der Waals surface area contributed by atoms with Crippen LogP contribution in [-0.4, -0.2) is 74.4 Å². The fourth-order valence-electron chi connectivity index (χ4n) is 2.53. The van der Waals surface area contributed by atoms with Crippen LogP contribution in [0.25, 0.3) is 5.69 Å². The molecule has 1 N–H and O–H groups in total. The first-order valence-electron chi connectivity index (χ1n) is 7.71. The van der Waals surface area contributed by atoms with Crippen LogP contribution in [0.5, 0.6) is 0 Å². The van der Waals surface area contributed by atoms with Crippen LogP contribution >= 0.6 is 0 Å². The molecule has 0 radical (unpaired) electrons. The summed E-state index contributed by atoms with van der Waals surface area (Å²) in [7, 11) is 1.72. The highest BCUT2D eigenvalue weighted by molar-refractivity contribution is 5.97. The van der Waals surface area contributed by atoms with E-state index in [-0.39, 0.29) is 24.8 Å². The smallest absolute Gasteiger partial charge is 0.309 e. The van der Waals surface area contributed by atoms with Gasteiger partial charge in [-0.25, -0.2) is 4.68 Å². The lowest BCUT2D eigenvalue weighted by Gasteiger charge is -2.32. The number of likely N-dealkylation sites (N-methyl/N-ethyl adjacent to an activating group) is 1. The van der Waals surface area contributed by atoms with Crippen molar-refractivity contribution in [1.29, 1.82) is 0 Å². The summed E-state index contributed by atoms with van der Waals surface area (Å²) in [5.41, 5.74) is 1.49. The number of rotatable bonds is 4. The van der Waals surface area contributed by atoms with Gasteiger partial charge in [0.1, 0.15) is 6.54 Å². The zero-order chi connectivity index (χ0) is 18.0. The molecule has 0 spiro atoms. The molecule has 1 aromatic heterocycles. The number of nitrogens with zero attached hydrogens (tertiary/aromatic N) is 5. The van der Waals surface area contributed by atoms with Gasteiger partial charge in [0, 0.05) is 25.7 Å². The quantitative estimate of drug-likeness (QED) is 0.824. The molecule has 2 heterocycles. The number of amides is 2. The lowest BCUT2D eigenvalue weighted by molar-refractivity contribution is -0.136. The molecular formula is C16H17N5O4. The van der Waals surface area contributed by atoms with Crippen LogP contribution in [0.4, 0.5) is 0 Å². The highest BCUT2D eigenvalue weighted by Gasteiger charge is 2.25. The molecule has 9 heteroatoms. The molecule has 2 amide bonds. The summed E-state index contributed by atoms with van der Waals surface area (Å²) in [4.78, 5) is 38.0. The van der Waals surface area contributed by atoms with E-state index in [9.17, 15) is 14.4 Å². The van der Waals surface area contributed by atoms with Gasteiger partial charge in [0.05, 0.1) is 24.0 Å². The van der Waals surface area contributed by atoms with Gasteiger partial charge in [0.2, 0.25) is 5.91 Å². The predicted octanol–water partition coefficient (Wildman–Crippen LogP) is -0.191. The third-order valence-electron chi connectivity index (χ3n) is 4.00. The van der Waals surface area contributed by atoms with Crippen molar-refractivity contribution in [3.63, 3.8) is 0 Å². The SMILES string of the molecule is CN1CCN(C(=O)c2ccc(-n3cc(CC(=O)O)nn3)cc2)CC1=O. The van der Waals surface area contributed by atoms with Crippen LogP contribution in [0, 0.1) is 0 Å². The van der Waals surface area contributed by atoms with Crippen molar-refractivity contribution in [1.82, 2.24) is 24.8 Å². The number of aromatic nitrogens is 3. The Balaban J connectivity index is 1.71. The zero-order valence-electron chi connectivity index (χ0n) is 13.6. The van der Waals surface area contributed by atoms with Gasteiger partial charge in [-0.1, -0.05) is 5.21 Å². The molecule has 0 aliphatic carbocycles. The lowest BCUT2D eigenvalue weighted by atomic mass is 10.1. The molecule has 3 rings (SSSR count). The molecule has 9 nitrogen and oxygen atoms in total. The van der Waals surface area contributed by atoms with Crippen LogP contribution in [0.3, 0.4) is 0 Å². The average Bonchev–Trinajstić information content (AvgIpc) is 3.04. The molecule has 2 aromatic rings. The fraction of sp³-hybridized carbons (Fsp3) is 0.312. The topological polar surface area (TPSA) is 109 Å². The number of hydrogen-bond acceptors (Lipinski definition) is 5. The average molecular weight is 343 g/mol. The molecule has 1 fully saturated rings. The summed E-state index contributed by atoms with van der Waals surface area (Å²) in [6.45, 7) is 1.11. The van der Waals surface area contributed by atoms with E-state index < -0.39 is 5.97 Å². The highest BCUT2D eigenvalue weighted by atomic mass is 16.4. The third kappa shape index (κ3) is 3.65. The molecule has 0 saturated carbocycles. The summed E-state index contributed by atoms with van der Waals surface area (Å²) in [5.74, 6) is -1.25. The number of carboxylic acids is 1. The minimum absolute atomic E-state index is 0.0789. The number of benzene rings is 1. The highest BCUT2D eigenvalue weighted by Crippen LogP contribution is 2.13. The van der Waals surface area contributed by atoms with E-state index in [0.29, 0.717) is 30.0 Å². The Morgan fingerprint density at radius 3 is 2.56 bits per heavy atom. The predicted molar refractivity (Wildman–Crippen MR) is 86.2 cm³/mol. The van der Waals surface area contributed by atoms with Gasteiger partial charge in [0.25, 0.3) is 5.91 Å². The molecule has 0 unspecified atom stereocenters. The van der Waals surface area contributed by atoms with Crippen molar-refractivity contribution in [2.45, 2.75) is 6.42 Å². The van der Waals surface area contributed by atoms with Gasteiger partial charge in [-0.15, -0.1) is 5.10 Å². The second kappa shape index (κ2) is 6.71. The lowest BCUT2D eigenvalue weighted by Crippen LogP contribution is -2.50. The van der Waals surface area contributed by atoms with E-state index in [4.69, 9.17) is 5.11 Å². The first-order valence-corrected chi connectivity index (χ1v) is 7.71. The van der Waals surface area contributed by atoms with Crippen molar-refractivity contribution in [2.75, 3.05) is 26.7 Å². The normalized spacial score (nSPS) is 14.7. The Morgan fingerprint density at radius 1 is 1.20 bits per heavy atom. The van der Waals surface area contributed by atoms with E-state index in [1.807, 2.05) is 0 Å². The van der Waals surface area contributed by atoms with Crippen LogP contribution in [0.1, 0.15) is 16.1 Å². The van der Waals surface area contributed by atoms with Gasteiger partial charge in [0.15, 0.2) is 0 Å². The van der Waals surface area contributed by atoms with E-state index in [1.165, 1.54) is 15.8 Å². The summed E-state index contributed by atoms with van der Waals surface area (Å²) >= 11 is 0. The summed E-state index contributed by atoms with van der Waals surface area (Å²) < 4.78 is 1.45. The van der Waals surface area contributed by atoms with Crippen molar-refractivity contribution in [2.24, 2.45) is 0 Å². The Morgan fingerprint density at radius 2 is 1.92 bits per heavy atom. The third-order valence-corrected chi connectivity index (χ3v) is 4.00. The van der Waals surface area contributed by atoms with E-state index >= 15 is 0 Å². The maximum atomic E-state index is 12.5. The maximum absolute atomic E-state index is 12.5. The molecule has 1 aliphatic heterocycles. The number of piperazine rings is 1.